The highest BCUT2D eigenvalue weighted by molar-refractivity contribution is 5.51. The van der Waals surface area contributed by atoms with Gasteiger partial charge in [-0.3, -0.25) is 0 Å². The predicted molar refractivity (Wildman–Crippen MR) is 57.5 cm³/mol. The average molecular weight is 189 g/mol. The third-order valence-electron chi connectivity index (χ3n) is 2.44. The monoisotopic (exact) mass is 189 g/mol. The van der Waals surface area contributed by atoms with Crippen LogP contribution in [0.2, 0.25) is 0 Å². The Morgan fingerprint density at radius 3 is 2.57 bits per heavy atom. The first-order valence-electron chi connectivity index (χ1n) is 4.85. The quantitative estimate of drug-likeness (QED) is 0.734. The minimum Gasteiger partial charge on any atom is -0.402 e. The van der Waals surface area contributed by atoms with E-state index < -0.39 is 0 Å². The van der Waals surface area contributed by atoms with Crippen LogP contribution in [0, 0.1) is 13.8 Å². The lowest BCUT2D eigenvalue weighted by atomic mass is 10.1. The number of nitrogens with two attached hydrogens (primary N) is 1. The normalized spacial score (nSPS) is 16.4. The predicted octanol–water partition coefficient (Wildman–Crippen LogP) is 1.98. The van der Waals surface area contributed by atoms with E-state index in [4.69, 9.17) is 5.73 Å². The average Bonchev–Trinajstić information content (AvgIpc) is 2.47. The molecule has 1 aliphatic carbocycles. The maximum atomic E-state index is 5.71. The number of hydrogen-bond acceptors (Lipinski definition) is 2. The van der Waals surface area contributed by atoms with Gasteiger partial charge in [0.2, 0.25) is 0 Å². The number of aromatic nitrogens is 2. The van der Waals surface area contributed by atoms with Crippen LogP contribution in [0.15, 0.2) is 23.9 Å². The fraction of sp³-hybridized carbons (Fsp3) is 0.364. The fourth-order valence-corrected chi connectivity index (χ4v) is 1.74. The molecule has 0 unspecified atom stereocenters. The van der Waals surface area contributed by atoms with Gasteiger partial charge in [-0.2, -0.15) is 5.10 Å². The van der Waals surface area contributed by atoms with Crippen LogP contribution in [-0.4, -0.2) is 9.78 Å². The van der Waals surface area contributed by atoms with Gasteiger partial charge in [-0.25, -0.2) is 4.68 Å². The number of allylic oxidation sites excluding steroid dienone is 4. The second-order valence-corrected chi connectivity index (χ2v) is 3.74. The van der Waals surface area contributed by atoms with Crippen LogP contribution in [-0.2, 0) is 0 Å². The van der Waals surface area contributed by atoms with E-state index in [1.807, 2.05) is 17.7 Å². The van der Waals surface area contributed by atoms with Crippen molar-refractivity contribution in [3.63, 3.8) is 0 Å². The summed E-state index contributed by atoms with van der Waals surface area (Å²) in [4.78, 5) is 0. The van der Waals surface area contributed by atoms with E-state index in [1.54, 1.807) is 0 Å². The Kier molecular flexibility index (Phi) is 2.15. The van der Waals surface area contributed by atoms with E-state index in [0.717, 1.165) is 24.2 Å². The van der Waals surface area contributed by atoms with E-state index in [0.29, 0.717) is 0 Å². The molecule has 1 aromatic rings. The Morgan fingerprint density at radius 1 is 1.29 bits per heavy atom. The molecule has 0 atom stereocenters. The van der Waals surface area contributed by atoms with Gasteiger partial charge in [0, 0.05) is 17.1 Å². The van der Waals surface area contributed by atoms with E-state index in [-0.39, 0.29) is 0 Å². The molecule has 1 heterocycles. The Morgan fingerprint density at radius 2 is 2.07 bits per heavy atom. The summed E-state index contributed by atoms with van der Waals surface area (Å²) in [5, 5.41) is 4.44. The summed E-state index contributed by atoms with van der Waals surface area (Å²) in [6.45, 7) is 4.08. The van der Waals surface area contributed by atoms with E-state index >= 15 is 0 Å². The molecule has 0 fully saturated rings. The standard InChI is InChI=1S/C11H15N3/c1-8-7-9(2)14(13-8)11-5-3-10(12)4-6-11/h3,5,7H,4,6,12H2,1-2H3. The smallest absolute Gasteiger partial charge is 0.0600 e. The van der Waals surface area contributed by atoms with Gasteiger partial charge in [0.1, 0.15) is 0 Å². The van der Waals surface area contributed by atoms with Crippen molar-refractivity contribution in [3.8, 4) is 0 Å². The molecular weight excluding hydrogens is 174 g/mol. The van der Waals surface area contributed by atoms with Crippen LogP contribution in [0.5, 0.6) is 0 Å². The molecule has 3 heteroatoms. The zero-order valence-electron chi connectivity index (χ0n) is 8.62. The SMILES string of the molecule is Cc1cc(C)n(C2=CC=C(N)CC2)n1. The van der Waals surface area contributed by atoms with Crippen molar-refractivity contribution < 1.29 is 0 Å². The molecule has 3 nitrogen and oxygen atoms in total. The third kappa shape index (κ3) is 1.58. The van der Waals surface area contributed by atoms with Crippen molar-refractivity contribution in [3.05, 3.63) is 35.3 Å². The van der Waals surface area contributed by atoms with Crippen LogP contribution in [0.4, 0.5) is 0 Å². The minimum atomic E-state index is 0.935. The Balaban J connectivity index is 2.36. The van der Waals surface area contributed by atoms with E-state index in [2.05, 4.69) is 24.2 Å². The highest BCUT2D eigenvalue weighted by atomic mass is 15.3. The molecule has 0 aromatic carbocycles. The lowest BCUT2D eigenvalue weighted by Gasteiger charge is -2.13. The third-order valence-corrected chi connectivity index (χ3v) is 2.44. The number of aryl methyl sites for hydroxylation is 2. The maximum Gasteiger partial charge on any atom is 0.0600 e. The molecule has 0 amide bonds. The summed E-state index contributed by atoms with van der Waals surface area (Å²) in [7, 11) is 0. The van der Waals surface area contributed by atoms with Crippen molar-refractivity contribution in [2.75, 3.05) is 0 Å². The summed E-state index contributed by atoms with van der Waals surface area (Å²) in [6.07, 6.45) is 5.93. The number of nitrogens with zero attached hydrogens (tertiary/aromatic N) is 2. The van der Waals surface area contributed by atoms with Crippen molar-refractivity contribution in [1.82, 2.24) is 9.78 Å². The molecule has 74 valence electrons. The van der Waals surface area contributed by atoms with Gasteiger partial charge in [0.25, 0.3) is 0 Å². The molecule has 0 saturated heterocycles. The summed E-state index contributed by atoms with van der Waals surface area (Å²) >= 11 is 0. The summed E-state index contributed by atoms with van der Waals surface area (Å²) in [6, 6.07) is 2.09. The van der Waals surface area contributed by atoms with Gasteiger partial charge in [-0.05, 0) is 44.9 Å². The lowest BCUT2D eigenvalue weighted by molar-refractivity contribution is 0.790. The summed E-state index contributed by atoms with van der Waals surface area (Å²) in [5.74, 6) is 0. The zero-order valence-corrected chi connectivity index (χ0v) is 8.62. The van der Waals surface area contributed by atoms with Gasteiger partial charge in [0.05, 0.1) is 5.69 Å². The van der Waals surface area contributed by atoms with Crippen molar-refractivity contribution >= 4 is 5.70 Å². The van der Waals surface area contributed by atoms with Gasteiger partial charge in [0.15, 0.2) is 0 Å². The van der Waals surface area contributed by atoms with Crippen molar-refractivity contribution in [2.45, 2.75) is 26.7 Å². The second kappa shape index (κ2) is 3.33. The number of rotatable bonds is 1. The molecule has 0 bridgehead atoms. The Labute approximate surface area is 83.9 Å². The molecule has 0 aliphatic heterocycles. The van der Waals surface area contributed by atoms with Gasteiger partial charge < -0.3 is 5.73 Å². The highest BCUT2D eigenvalue weighted by Crippen LogP contribution is 2.20. The Bertz CT molecular complexity index is 410. The van der Waals surface area contributed by atoms with Crippen LogP contribution in [0.1, 0.15) is 24.2 Å². The molecule has 0 spiro atoms. The minimum absolute atomic E-state index is 0.935. The van der Waals surface area contributed by atoms with Crippen LogP contribution in [0.25, 0.3) is 5.70 Å². The Hall–Kier alpha value is -1.51. The first kappa shape index (κ1) is 9.06. The first-order chi connectivity index (χ1) is 6.66. The molecule has 14 heavy (non-hydrogen) atoms. The van der Waals surface area contributed by atoms with Gasteiger partial charge in [-0.15, -0.1) is 0 Å². The molecule has 0 saturated carbocycles. The maximum absolute atomic E-state index is 5.71. The van der Waals surface area contributed by atoms with Crippen LogP contribution in [0.3, 0.4) is 0 Å². The lowest BCUT2D eigenvalue weighted by Crippen LogP contribution is -2.07. The van der Waals surface area contributed by atoms with Gasteiger partial charge in [-0.1, -0.05) is 0 Å². The molecule has 2 N–H and O–H groups in total. The van der Waals surface area contributed by atoms with Gasteiger partial charge >= 0.3 is 0 Å². The molecule has 0 radical (unpaired) electrons. The fourth-order valence-electron chi connectivity index (χ4n) is 1.74. The molecule has 1 aromatic heterocycles. The van der Waals surface area contributed by atoms with E-state index in [9.17, 15) is 0 Å². The van der Waals surface area contributed by atoms with Crippen LogP contribution >= 0.6 is 0 Å². The summed E-state index contributed by atoms with van der Waals surface area (Å²) < 4.78 is 2.00. The largest absolute Gasteiger partial charge is 0.402 e. The molecule has 2 rings (SSSR count). The van der Waals surface area contributed by atoms with E-state index in [1.165, 1.54) is 11.4 Å². The van der Waals surface area contributed by atoms with Crippen molar-refractivity contribution in [2.24, 2.45) is 5.73 Å². The second-order valence-electron chi connectivity index (χ2n) is 3.74. The number of hydrogen-bond donors (Lipinski definition) is 1. The summed E-state index contributed by atoms with van der Waals surface area (Å²) in [5.41, 5.74) is 10.1. The topological polar surface area (TPSA) is 43.8 Å². The molecular formula is C11H15N3. The first-order valence-corrected chi connectivity index (χ1v) is 4.85. The highest BCUT2D eigenvalue weighted by Gasteiger charge is 2.09. The molecule has 1 aliphatic rings. The van der Waals surface area contributed by atoms with Crippen molar-refractivity contribution in [1.29, 1.82) is 0 Å². The zero-order chi connectivity index (χ0) is 10.1. The van der Waals surface area contributed by atoms with Crippen LogP contribution < -0.4 is 5.73 Å².